The van der Waals surface area contributed by atoms with E-state index in [1.807, 2.05) is 19.2 Å². The highest BCUT2D eigenvalue weighted by Gasteiger charge is 2.36. The number of rotatable bonds is 5. The van der Waals surface area contributed by atoms with Gasteiger partial charge in [-0.1, -0.05) is 24.9 Å². The summed E-state index contributed by atoms with van der Waals surface area (Å²) in [6.45, 7) is 5.44. The predicted octanol–water partition coefficient (Wildman–Crippen LogP) is 3.17. The maximum absolute atomic E-state index is 12.2. The first kappa shape index (κ1) is 16.0. The summed E-state index contributed by atoms with van der Waals surface area (Å²) >= 11 is 7.32. The van der Waals surface area contributed by atoms with Crippen LogP contribution in [0.4, 0.5) is 0 Å². The fourth-order valence-corrected chi connectivity index (χ4v) is 3.00. The third-order valence-electron chi connectivity index (χ3n) is 2.88. The zero-order chi connectivity index (χ0) is 14.6. The van der Waals surface area contributed by atoms with Crippen LogP contribution in [0.25, 0.3) is 0 Å². The van der Waals surface area contributed by atoms with Crippen molar-refractivity contribution in [2.45, 2.75) is 39.2 Å². The van der Waals surface area contributed by atoms with Gasteiger partial charge in [-0.05, 0) is 31.2 Å². The van der Waals surface area contributed by atoms with Crippen LogP contribution in [0.1, 0.15) is 41.9 Å². The van der Waals surface area contributed by atoms with Gasteiger partial charge in [-0.15, -0.1) is 11.3 Å². The molecular formula is C13H18ClNO3S. The molecular weight excluding hydrogens is 286 g/mol. The summed E-state index contributed by atoms with van der Waals surface area (Å²) in [6.07, 6.45) is 1.26. The van der Waals surface area contributed by atoms with Crippen molar-refractivity contribution in [1.29, 1.82) is 0 Å². The van der Waals surface area contributed by atoms with Crippen molar-refractivity contribution in [2.24, 2.45) is 0 Å². The average molecular weight is 304 g/mol. The van der Waals surface area contributed by atoms with Crippen LogP contribution < -0.4 is 5.32 Å². The molecule has 4 nitrogen and oxygen atoms in total. The molecule has 1 rings (SSSR count). The van der Waals surface area contributed by atoms with Crippen molar-refractivity contribution in [3.05, 3.63) is 20.8 Å². The number of hydrogen-bond acceptors (Lipinski definition) is 4. The number of thiophene rings is 1. The number of esters is 1. The minimum atomic E-state index is -1.03. The molecule has 1 unspecified atom stereocenters. The standard InChI is InChI=1S/C13H18ClNO3S/c1-5-6-13(3,12(17)18-4)15-11(16)10-9(14)8(2)7-19-10/h7H,5-6H2,1-4H3,(H,15,16). The molecule has 1 aromatic rings. The van der Waals surface area contributed by atoms with Crippen molar-refractivity contribution >= 4 is 34.8 Å². The van der Waals surface area contributed by atoms with Crippen LogP contribution in [0.15, 0.2) is 5.38 Å². The highest BCUT2D eigenvalue weighted by Crippen LogP contribution is 2.28. The van der Waals surface area contributed by atoms with E-state index < -0.39 is 11.5 Å². The number of ether oxygens (including phenoxy) is 1. The van der Waals surface area contributed by atoms with E-state index in [1.165, 1.54) is 18.4 Å². The third-order valence-corrected chi connectivity index (χ3v) is 4.58. The summed E-state index contributed by atoms with van der Waals surface area (Å²) in [5.74, 6) is -0.795. The molecule has 1 N–H and O–H groups in total. The molecule has 19 heavy (non-hydrogen) atoms. The van der Waals surface area contributed by atoms with Crippen molar-refractivity contribution in [1.82, 2.24) is 5.32 Å². The smallest absolute Gasteiger partial charge is 0.331 e. The first-order chi connectivity index (χ1) is 8.85. The van der Waals surface area contributed by atoms with Gasteiger partial charge in [0.15, 0.2) is 0 Å². The van der Waals surface area contributed by atoms with Gasteiger partial charge in [-0.25, -0.2) is 4.79 Å². The van der Waals surface area contributed by atoms with Crippen molar-refractivity contribution in [3.63, 3.8) is 0 Å². The molecule has 1 amide bonds. The van der Waals surface area contributed by atoms with E-state index in [4.69, 9.17) is 16.3 Å². The van der Waals surface area contributed by atoms with Gasteiger partial charge >= 0.3 is 5.97 Å². The second-order valence-electron chi connectivity index (χ2n) is 4.59. The van der Waals surface area contributed by atoms with E-state index in [-0.39, 0.29) is 5.91 Å². The van der Waals surface area contributed by atoms with E-state index in [0.717, 1.165) is 12.0 Å². The van der Waals surface area contributed by atoms with E-state index in [0.29, 0.717) is 16.3 Å². The Morgan fingerprint density at radius 2 is 2.16 bits per heavy atom. The second-order valence-corrected chi connectivity index (χ2v) is 5.85. The molecule has 0 saturated carbocycles. The summed E-state index contributed by atoms with van der Waals surface area (Å²) in [7, 11) is 1.31. The lowest BCUT2D eigenvalue weighted by Gasteiger charge is -2.27. The summed E-state index contributed by atoms with van der Waals surface area (Å²) in [5, 5.41) is 4.98. The van der Waals surface area contributed by atoms with Crippen LogP contribution in [0.2, 0.25) is 5.02 Å². The van der Waals surface area contributed by atoms with Gasteiger partial charge in [0.25, 0.3) is 5.91 Å². The Bertz CT molecular complexity index is 486. The molecule has 0 spiro atoms. The summed E-state index contributed by atoms with van der Waals surface area (Å²) in [5.41, 5.74) is -0.172. The highest BCUT2D eigenvalue weighted by molar-refractivity contribution is 7.13. The van der Waals surface area contributed by atoms with E-state index in [2.05, 4.69) is 5.32 Å². The number of halogens is 1. The van der Waals surface area contributed by atoms with Gasteiger partial charge in [0, 0.05) is 0 Å². The summed E-state index contributed by atoms with van der Waals surface area (Å²) in [6, 6.07) is 0. The first-order valence-corrected chi connectivity index (χ1v) is 7.26. The maximum atomic E-state index is 12.2. The van der Waals surface area contributed by atoms with Crippen LogP contribution >= 0.6 is 22.9 Å². The normalized spacial score (nSPS) is 13.7. The maximum Gasteiger partial charge on any atom is 0.331 e. The fourth-order valence-electron chi connectivity index (χ4n) is 1.83. The van der Waals surface area contributed by atoms with Crippen LogP contribution in [0.5, 0.6) is 0 Å². The van der Waals surface area contributed by atoms with Crippen molar-refractivity contribution < 1.29 is 14.3 Å². The zero-order valence-electron chi connectivity index (χ0n) is 11.5. The molecule has 0 aliphatic rings. The summed E-state index contributed by atoms with van der Waals surface area (Å²) < 4.78 is 4.76. The number of methoxy groups -OCH3 is 1. The lowest BCUT2D eigenvalue weighted by atomic mass is 9.96. The third kappa shape index (κ3) is 3.48. The largest absolute Gasteiger partial charge is 0.467 e. The molecule has 1 heterocycles. The number of aryl methyl sites for hydroxylation is 1. The molecule has 0 radical (unpaired) electrons. The zero-order valence-corrected chi connectivity index (χ0v) is 13.1. The molecule has 0 saturated heterocycles. The van der Waals surface area contributed by atoms with Crippen LogP contribution in [-0.2, 0) is 9.53 Å². The lowest BCUT2D eigenvalue weighted by Crippen LogP contribution is -2.52. The molecule has 0 aromatic carbocycles. The molecule has 6 heteroatoms. The van der Waals surface area contributed by atoms with Gasteiger partial charge in [-0.3, -0.25) is 4.79 Å². The number of nitrogens with one attached hydrogen (secondary N) is 1. The van der Waals surface area contributed by atoms with Crippen LogP contribution in [0, 0.1) is 6.92 Å². The molecule has 1 aromatic heterocycles. The van der Waals surface area contributed by atoms with E-state index in [9.17, 15) is 9.59 Å². The van der Waals surface area contributed by atoms with Gasteiger partial charge in [0.2, 0.25) is 0 Å². The Labute approximate surface area is 122 Å². The average Bonchev–Trinajstić information content (AvgIpc) is 2.69. The second kappa shape index (κ2) is 6.39. The molecule has 1 atom stereocenters. The van der Waals surface area contributed by atoms with Gasteiger partial charge in [0.05, 0.1) is 12.1 Å². The van der Waals surface area contributed by atoms with E-state index >= 15 is 0 Å². The minimum Gasteiger partial charge on any atom is -0.467 e. The fraction of sp³-hybridized carbons (Fsp3) is 0.538. The van der Waals surface area contributed by atoms with E-state index in [1.54, 1.807) is 6.92 Å². The lowest BCUT2D eigenvalue weighted by molar-refractivity contribution is -0.147. The predicted molar refractivity (Wildman–Crippen MR) is 76.9 cm³/mol. The van der Waals surface area contributed by atoms with Crippen LogP contribution in [-0.4, -0.2) is 24.5 Å². The Hall–Kier alpha value is -1.07. The number of hydrogen-bond donors (Lipinski definition) is 1. The van der Waals surface area contributed by atoms with Crippen LogP contribution in [0.3, 0.4) is 0 Å². The molecule has 106 valence electrons. The SMILES string of the molecule is CCCC(C)(NC(=O)c1scc(C)c1Cl)C(=O)OC. The number of carbonyl (C=O) groups is 2. The van der Waals surface area contributed by atoms with Gasteiger partial charge in [-0.2, -0.15) is 0 Å². The highest BCUT2D eigenvalue weighted by atomic mass is 35.5. The summed E-state index contributed by atoms with van der Waals surface area (Å²) in [4.78, 5) is 24.4. The topological polar surface area (TPSA) is 55.4 Å². The molecule has 0 fully saturated rings. The molecule has 0 aliphatic heterocycles. The Kier molecular flexibility index (Phi) is 5.38. The van der Waals surface area contributed by atoms with Crippen molar-refractivity contribution in [3.8, 4) is 0 Å². The Morgan fingerprint density at radius 3 is 2.58 bits per heavy atom. The van der Waals surface area contributed by atoms with Gasteiger partial charge < -0.3 is 10.1 Å². The molecule has 0 aliphatic carbocycles. The number of amides is 1. The van der Waals surface area contributed by atoms with Crippen molar-refractivity contribution in [2.75, 3.05) is 7.11 Å². The first-order valence-electron chi connectivity index (χ1n) is 6.00. The minimum absolute atomic E-state index is 0.343. The van der Waals surface area contributed by atoms with Gasteiger partial charge in [0.1, 0.15) is 10.4 Å². The number of carbonyl (C=O) groups excluding carboxylic acids is 2. The monoisotopic (exact) mass is 303 g/mol. The Morgan fingerprint density at radius 1 is 1.53 bits per heavy atom. The quantitative estimate of drug-likeness (QED) is 0.850. The molecule has 0 bridgehead atoms. The Balaban J connectivity index is 2.94.